The maximum Gasteiger partial charge on any atom is 0.317 e. The number of carbonyl (C=O) groups excluding carboxylic acids is 1. The summed E-state index contributed by atoms with van der Waals surface area (Å²) in [5, 5.41) is 30.4. The second kappa shape index (κ2) is 12.3. The number of carboxylic acid groups (broad SMARTS) is 3. The first-order valence-electron chi connectivity index (χ1n) is 9.64. The van der Waals surface area contributed by atoms with Crippen LogP contribution in [-0.4, -0.2) is 93.7 Å². The van der Waals surface area contributed by atoms with E-state index >= 15 is 0 Å². The summed E-state index contributed by atoms with van der Waals surface area (Å²) in [7, 11) is 0. The van der Waals surface area contributed by atoms with Gasteiger partial charge in [-0.15, -0.1) is 0 Å². The van der Waals surface area contributed by atoms with Gasteiger partial charge >= 0.3 is 17.9 Å². The number of hydrogen-bond donors (Lipinski definition) is 4. The number of carboxylic acids is 3. The molecule has 10 heteroatoms. The first-order valence-corrected chi connectivity index (χ1v) is 9.64. The van der Waals surface area contributed by atoms with Crippen LogP contribution >= 0.6 is 0 Å². The largest absolute Gasteiger partial charge is 0.480 e. The summed E-state index contributed by atoms with van der Waals surface area (Å²) in [6.45, 7) is 1.12. The quantitative estimate of drug-likeness (QED) is 0.315. The molecule has 1 rings (SSSR count). The van der Waals surface area contributed by atoms with E-state index in [1.165, 1.54) is 9.80 Å². The Morgan fingerprint density at radius 3 is 1.64 bits per heavy atom. The van der Waals surface area contributed by atoms with Crippen LogP contribution in [0.5, 0.6) is 0 Å². The fourth-order valence-corrected chi connectivity index (χ4v) is 3.69. The predicted molar refractivity (Wildman–Crippen MR) is 100 cm³/mol. The lowest BCUT2D eigenvalue weighted by Crippen LogP contribution is -2.58. The lowest BCUT2D eigenvalue weighted by molar-refractivity contribution is -0.147. The summed E-state index contributed by atoms with van der Waals surface area (Å²) in [5.74, 6) is -3.67. The fraction of sp³-hybridized carbons (Fsp3) is 0.778. The molecule has 0 saturated heterocycles. The van der Waals surface area contributed by atoms with Gasteiger partial charge in [-0.3, -0.25) is 29.0 Å². The highest BCUT2D eigenvalue weighted by atomic mass is 16.4. The van der Waals surface area contributed by atoms with Crippen LogP contribution < -0.4 is 5.32 Å². The Labute approximate surface area is 164 Å². The smallest absolute Gasteiger partial charge is 0.317 e. The molecular formula is C18H31N3O7. The third-order valence-electron chi connectivity index (χ3n) is 4.85. The summed E-state index contributed by atoms with van der Waals surface area (Å²) in [4.78, 5) is 48.9. The molecule has 0 aromatic carbocycles. The number of unbranched alkanes of at least 4 members (excludes halogenated alkanes) is 1. The molecule has 28 heavy (non-hydrogen) atoms. The molecule has 0 aromatic rings. The van der Waals surface area contributed by atoms with Gasteiger partial charge in [0.1, 0.15) is 0 Å². The summed E-state index contributed by atoms with van der Waals surface area (Å²) < 4.78 is 0. The monoisotopic (exact) mass is 401 g/mol. The Balaban J connectivity index is 2.98. The van der Waals surface area contributed by atoms with Gasteiger partial charge in [0.15, 0.2) is 0 Å². The maximum atomic E-state index is 12.2. The highest BCUT2D eigenvalue weighted by Crippen LogP contribution is 2.27. The van der Waals surface area contributed by atoms with E-state index in [1.54, 1.807) is 0 Å². The van der Waals surface area contributed by atoms with E-state index in [0.717, 1.165) is 25.7 Å². The number of carbonyl (C=O) groups is 4. The van der Waals surface area contributed by atoms with Crippen molar-refractivity contribution < 1.29 is 34.5 Å². The molecule has 0 bridgehead atoms. The van der Waals surface area contributed by atoms with Crippen LogP contribution in [0.3, 0.4) is 0 Å². The van der Waals surface area contributed by atoms with E-state index in [-0.39, 0.29) is 19.0 Å². The topological polar surface area (TPSA) is 147 Å². The minimum absolute atomic E-state index is 0.120. The zero-order chi connectivity index (χ0) is 21.1. The van der Waals surface area contributed by atoms with Gasteiger partial charge in [0.2, 0.25) is 5.91 Å². The molecule has 2 unspecified atom stereocenters. The average molecular weight is 401 g/mol. The van der Waals surface area contributed by atoms with E-state index in [4.69, 9.17) is 10.2 Å². The Hall–Kier alpha value is -2.20. The van der Waals surface area contributed by atoms with Crippen LogP contribution in [0.15, 0.2) is 0 Å². The normalized spacial score (nSPS) is 19.5. The highest BCUT2D eigenvalue weighted by Gasteiger charge is 2.37. The molecule has 4 N–H and O–H groups in total. The first kappa shape index (κ1) is 23.8. The standard InChI is InChI=1S/C18H31N3O7/c1-2-3-8-19-15(22)9-20(10-16(23)24)13-6-4-5-7-14(13)21(11-17(25)26)12-18(27)28/h13-14H,2-12H2,1H3,(H,19,22)(H,23,24)(H,25,26)(H,27,28). The van der Waals surface area contributed by atoms with Crippen molar-refractivity contribution in [1.29, 1.82) is 0 Å². The SMILES string of the molecule is CCCCNC(=O)CN(CC(=O)O)C1CCCCC1N(CC(=O)O)CC(=O)O. The Morgan fingerprint density at radius 2 is 1.25 bits per heavy atom. The summed E-state index contributed by atoms with van der Waals surface area (Å²) >= 11 is 0. The fourth-order valence-electron chi connectivity index (χ4n) is 3.69. The molecule has 1 saturated carbocycles. The molecule has 2 atom stereocenters. The number of aliphatic carboxylic acids is 3. The molecule has 0 aromatic heterocycles. The van der Waals surface area contributed by atoms with Crippen molar-refractivity contribution in [2.45, 2.75) is 57.5 Å². The number of nitrogens with one attached hydrogen (secondary N) is 1. The van der Waals surface area contributed by atoms with E-state index in [9.17, 15) is 24.3 Å². The lowest BCUT2D eigenvalue weighted by Gasteiger charge is -2.43. The summed E-state index contributed by atoms with van der Waals surface area (Å²) in [5.41, 5.74) is 0. The third-order valence-corrected chi connectivity index (χ3v) is 4.85. The van der Waals surface area contributed by atoms with E-state index < -0.39 is 43.1 Å². The van der Waals surface area contributed by atoms with Crippen molar-refractivity contribution >= 4 is 23.8 Å². The zero-order valence-corrected chi connectivity index (χ0v) is 16.3. The number of hydrogen-bond acceptors (Lipinski definition) is 6. The molecule has 0 spiro atoms. The van der Waals surface area contributed by atoms with E-state index in [0.29, 0.717) is 19.4 Å². The van der Waals surface area contributed by atoms with Crippen molar-refractivity contribution in [2.24, 2.45) is 0 Å². The molecule has 1 aliphatic carbocycles. The molecule has 1 fully saturated rings. The van der Waals surface area contributed by atoms with Gasteiger partial charge < -0.3 is 20.6 Å². The van der Waals surface area contributed by atoms with Crippen LogP contribution in [0.2, 0.25) is 0 Å². The molecule has 1 amide bonds. The average Bonchev–Trinajstić information content (AvgIpc) is 2.59. The molecule has 1 aliphatic rings. The Morgan fingerprint density at radius 1 is 0.821 bits per heavy atom. The molecule has 160 valence electrons. The number of nitrogens with zero attached hydrogens (tertiary/aromatic N) is 2. The van der Waals surface area contributed by atoms with E-state index in [1.807, 2.05) is 6.92 Å². The minimum Gasteiger partial charge on any atom is -0.480 e. The summed E-state index contributed by atoms with van der Waals surface area (Å²) in [6, 6.07) is -0.843. The van der Waals surface area contributed by atoms with Crippen LogP contribution in [0, 0.1) is 0 Å². The second-order valence-corrected chi connectivity index (χ2v) is 7.11. The Bertz CT molecular complexity index is 539. The van der Waals surface area contributed by atoms with Gasteiger partial charge in [-0.05, 0) is 19.3 Å². The second-order valence-electron chi connectivity index (χ2n) is 7.11. The van der Waals surface area contributed by atoms with Crippen molar-refractivity contribution in [2.75, 3.05) is 32.7 Å². The van der Waals surface area contributed by atoms with Gasteiger partial charge in [0.05, 0.1) is 26.2 Å². The molecule has 10 nitrogen and oxygen atoms in total. The number of rotatable bonds is 13. The molecule has 0 radical (unpaired) electrons. The van der Waals surface area contributed by atoms with Crippen LogP contribution in [0.1, 0.15) is 45.4 Å². The van der Waals surface area contributed by atoms with Crippen molar-refractivity contribution in [3.63, 3.8) is 0 Å². The summed E-state index contributed by atoms with van der Waals surface area (Å²) in [6.07, 6.45) is 4.48. The van der Waals surface area contributed by atoms with E-state index in [2.05, 4.69) is 5.32 Å². The van der Waals surface area contributed by atoms with Gasteiger partial charge in [-0.25, -0.2) is 0 Å². The highest BCUT2D eigenvalue weighted by molar-refractivity contribution is 5.79. The van der Waals surface area contributed by atoms with Gasteiger partial charge in [-0.2, -0.15) is 0 Å². The molecule has 0 heterocycles. The van der Waals surface area contributed by atoms with Crippen molar-refractivity contribution in [3.8, 4) is 0 Å². The minimum atomic E-state index is -1.15. The lowest BCUT2D eigenvalue weighted by atomic mass is 9.87. The van der Waals surface area contributed by atoms with Crippen molar-refractivity contribution in [3.05, 3.63) is 0 Å². The predicted octanol–water partition coefficient (Wildman–Crippen LogP) is 0.0717. The Kier molecular flexibility index (Phi) is 10.5. The third kappa shape index (κ3) is 8.66. The van der Waals surface area contributed by atoms with Crippen molar-refractivity contribution in [1.82, 2.24) is 15.1 Å². The van der Waals surface area contributed by atoms with Crippen LogP contribution in [-0.2, 0) is 19.2 Å². The van der Waals surface area contributed by atoms with Gasteiger partial charge in [-0.1, -0.05) is 26.2 Å². The zero-order valence-electron chi connectivity index (χ0n) is 16.3. The van der Waals surface area contributed by atoms with Crippen LogP contribution in [0.25, 0.3) is 0 Å². The maximum absolute atomic E-state index is 12.2. The van der Waals surface area contributed by atoms with Gasteiger partial charge in [0.25, 0.3) is 0 Å². The van der Waals surface area contributed by atoms with Crippen LogP contribution in [0.4, 0.5) is 0 Å². The molecule has 0 aliphatic heterocycles. The first-order chi connectivity index (χ1) is 13.2. The molecular weight excluding hydrogens is 370 g/mol. The number of amides is 1. The van der Waals surface area contributed by atoms with Gasteiger partial charge in [0, 0.05) is 18.6 Å².